The number of amides is 1. The molecule has 2 saturated carbocycles. The Labute approximate surface area is 234 Å². The number of aryl methyl sites for hydroxylation is 2. The molecule has 1 unspecified atom stereocenters. The van der Waals surface area contributed by atoms with E-state index in [-0.39, 0.29) is 5.91 Å². The monoisotopic (exact) mass is 544 g/mol. The van der Waals surface area contributed by atoms with Crippen LogP contribution in [0.25, 0.3) is 27.1 Å². The van der Waals surface area contributed by atoms with Crippen molar-refractivity contribution < 1.29 is 4.79 Å². The van der Waals surface area contributed by atoms with E-state index in [4.69, 9.17) is 0 Å². The first-order chi connectivity index (χ1) is 18.7. The van der Waals surface area contributed by atoms with Crippen LogP contribution in [0.3, 0.4) is 0 Å². The number of aromatic amines is 1. The summed E-state index contributed by atoms with van der Waals surface area (Å²) in [6, 6.07) is 0.939. The van der Waals surface area contributed by atoms with Gasteiger partial charge in [0.2, 0.25) is 5.91 Å². The van der Waals surface area contributed by atoms with Gasteiger partial charge in [0.15, 0.2) is 5.65 Å². The van der Waals surface area contributed by atoms with Crippen LogP contribution in [0.2, 0.25) is 0 Å². The van der Waals surface area contributed by atoms with Crippen LogP contribution >= 0.6 is 11.3 Å². The molecule has 0 radical (unpaired) electrons. The minimum absolute atomic E-state index is 0.223. The second kappa shape index (κ2) is 9.16. The summed E-state index contributed by atoms with van der Waals surface area (Å²) in [5, 5.41) is 9.12. The van der Waals surface area contributed by atoms with Crippen LogP contribution in [0, 0.1) is 32.6 Å². The van der Waals surface area contributed by atoms with E-state index in [1.54, 1.807) is 11.2 Å². The van der Waals surface area contributed by atoms with E-state index >= 15 is 0 Å². The number of likely N-dealkylation sites (tertiary alicyclic amines) is 1. The third kappa shape index (κ3) is 3.97. The maximum atomic E-state index is 12.7. The Kier molecular flexibility index (Phi) is 5.94. The number of hydrogen-bond acceptors (Lipinski definition) is 5. The summed E-state index contributed by atoms with van der Waals surface area (Å²) in [6.45, 7) is 15.2. The van der Waals surface area contributed by atoms with Gasteiger partial charge in [-0.3, -0.25) is 9.69 Å². The lowest BCUT2D eigenvalue weighted by Gasteiger charge is -2.35. The van der Waals surface area contributed by atoms with Crippen molar-refractivity contribution in [3.8, 4) is 11.3 Å². The molecule has 4 aromatic heterocycles. The van der Waals surface area contributed by atoms with Gasteiger partial charge in [-0.2, -0.15) is 5.10 Å². The van der Waals surface area contributed by atoms with Gasteiger partial charge in [0.05, 0.1) is 12.2 Å². The second-order valence-corrected chi connectivity index (χ2v) is 14.0. The maximum absolute atomic E-state index is 12.7. The highest BCUT2D eigenvalue weighted by molar-refractivity contribution is 7.19. The molecule has 5 heterocycles. The number of carbonyl (C=O) groups is 1. The lowest BCUT2D eigenvalue weighted by atomic mass is 9.82. The number of carbonyl (C=O) groups excluding carboxylic acids is 1. The number of H-pyrrole nitrogens is 1. The number of aromatic nitrogens is 4. The SMILES string of the molecule is Cc1c(-c2[nH]c3sc([C@@H]4CC5C[C@H]4CN5CC(=O)N[C@H]4C[C@H](C)C4)c(C)c3c2C(C)C)cn2ncnc2c1C. The quantitative estimate of drug-likeness (QED) is 0.308. The fraction of sp³-hybridized carbons (Fsp3) is 0.581. The molecular formula is C31H40N6OS. The largest absolute Gasteiger partial charge is 0.352 e. The Balaban J connectivity index is 1.16. The van der Waals surface area contributed by atoms with E-state index in [2.05, 4.69) is 73.0 Å². The minimum atomic E-state index is 0.223. The summed E-state index contributed by atoms with van der Waals surface area (Å²) >= 11 is 1.97. The van der Waals surface area contributed by atoms with Gasteiger partial charge >= 0.3 is 0 Å². The third-order valence-corrected chi connectivity index (χ3v) is 11.4. The molecular weight excluding hydrogens is 504 g/mol. The Morgan fingerprint density at radius 2 is 1.95 bits per heavy atom. The highest BCUT2D eigenvalue weighted by Gasteiger charge is 2.47. The molecule has 3 atom stereocenters. The molecule has 8 heteroatoms. The van der Waals surface area contributed by atoms with Crippen LogP contribution in [0.15, 0.2) is 12.5 Å². The third-order valence-electron chi connectivity index (χ3n) is 10.0. The van der Waals surface area contributed by atoms with Crippen molar-refractivity contribution in [1.29, 1.82) is 0 Å². The Morgan fingerprint density at radius 1 is 1.15 bits per heavy atom. The van der Waals surface area contributed by atoms with Crippen molar-refractivity contribution in [3.63, 3.8) is 0 Å². The molecule has 1 aliphatic heterocycles. The average molecular weight is 545 g/mol. The normalized spacial score (nSPS) is 26.8. The molecule has 7 nitrogen and oxygen atoms in total. The zero-order valence-corrected chi connectivity index (χ0v) is 24.8. The smallest absolute Gasteiger partial charge is 0.234 e. The predicted molar refractivity (Wildman–Crippen MR) is 158 cm³/mol. The predicted octanol–water partition coefficient (Wildman–Crippen LogP) is 6.08. The fourth-order valence-electron chi connectivity index (χ4n) is 7.89. The summed E-state index contributed by atoms with van der Waals surface area (Å²) in [5.41, 5.74) is 8.67. The average Bonchev–Trinajstić information content (AvgIpc) is 3.67. The topological polar surface area (TPSA) is 78.3 Å². The van der Waals surface area contributed by atoms with Crippen LogP contribution in [0.5, 0.6) is 0 Å². The van der Waals surface area contributed by atoms with Gasteiger partial charge in [0.1, 0.15) is 11.2 Å². The van der Waals surface area contributed by atoms with E-state index in [1.165, 1.54) is 56.6 Å². The van der Waals surface area contributed by atoms with E-state index in [0.29, 0.717) is 36.4 Å². The number of pyridine rings is 1. The standard InChI is InChI=1S/C31H40N6OS/c1-15(2)26-27-19(6)29(23-10-22-9-20(23)11-36(22)13-25(38)34-21-7-16(3)8-21)39-31(27)35-28(26)24-12-37-30(32-14-33-37)18(5)17(24)4/h12,14-16,20-23,35H,7-11,13H2,1-6H3,(H,34,38)/t16-,20-,21-,22?,23+/m0/s1. The number of rotatable bonds is 6. The van der Waals surface area contributed by atoms with Crippen molar-refractivity contribution >= 4 is 33.1 Å². The summed E-state index contributed by atoms with van der Waals surface area (Å²) in [4.78, 5) is 26.3. The number of fused-ring (bicyclic) bond motifs is 4. The molecule has 0 aromatic carbocycles. The maximum Gasteiger partial charge on any atom is 0.234 e. The highest BCUT2D eigenvalue weighted by Crippen LogP contribution is 2.53. The van der Waals surface area contributed by atoms with Gasteiger partial charge in [-0.1, -0.05) is 20.8 Å². The first kappa shape index (κ1) is 25.3. The van der Waals surface area contributed by atoms with Crippen molar-refractivity contribution in [2.24, 2.45) is 11.8 Å². The van der Waals surface area contributed by atoms with Gasteiger partial charge < -0.3 is 10.3 Å². The van der Waals surface area contributed by atoms with Crippen molar-refractivity contribution in [3.05, 3.63) is 39.7 Å². The number of hydrogen-bond donors (Lipinski definition) is 2. The Bertz CT molecular complexity index is 1590. The molecule has 4 aromatic rings. The molecule has 1 saturated heterocycles. The fourth-order valence-corrected chi connectivity index (χ4v) is 9.32. The van der Waals surface area contributed by atoms with E-state index in [1.807, 2.05) is 15.9 Å². The van der Waals surface area contributed by atoms with Gasteiger partial charge in [0.25, 0.3) is 0 Å². The van der Waals surface area contributed by atoms with Crippen LogP contribution in [-0.2, 0) is 4.79 Å². The molecule has 2 aliphatic carbocycles. The second-order valence-electron chi connectivity index (χ2n) is 12.9. The zero-order valence-electron chi connectivity index (χ0n) is 24.0. The van der Waals surface area contributed by atoms with Crippen molar-refractivity contribution in [2.75, 3.05) is 13.1 Å². The molecule has 0 spiro atoms. The molecule has 206 valence electrons. The lowest BCUT2D eigenvalue weighted by molar-refractivity contribution is -0.124. The summed E-state index contributed by atoms with van der Waals surface area (Å²) in [6.07, 6.45) is 8.44. The number of thiophene rings is 1. The molecule has 3 fully saturated rings. The Hall–Kier alpha value is -2.71. The van der Waals surface area contributed by atoms with Crippen LogP contribution < -0.4 is 5.32 Å². The van der Waals surface area contributed by atoms with Gasteiger partial charge in [-0.25, -0.2) is 9.50 Å². The van der Waals surface area contributed by atoms with Crippen LogP contribution in [-0.4, -0.2) is 55.6 Å². The molecule has 3 aliphatic rings. The zero-order chi connectivity index (χ0) is 27.2. The van der Waals surface area contributed by atoms with E-state index < -0.39 is 0 Å². The van der Waals surface area contributed by atoms with E-state index in [9.17, 15) is 4.79 Å². The Morgan fingerprint density at radius 3 is 2.64 bits per heavy atom. The van der Waals surface area contributed by atoms with Gasteiger partial charge in [-0.05, 0) is 92.4 Å². The lowest BCUT2D eigenvalue weighted by Crippen LogP contribution is -2.48. The molecule has 7 rings (SSSR count). The first-order valence-electron chi connectivity index (χ1n) is 14.7. The minimum Gasteiger partial charge on any atom is -0.352 e. The number of nitrogens with one attached hydrogen (secondary N) is 2. The number of piperidine rings is 1. The van der Waals surface area contributed by atoms with E-state index in [0.717, 1.165) is 31.0 Å². The van der Waals surface area contributed by atoms with Crippen LogP contribution in [0.1, 0.15) is 85.4 Å². The van der Waals surface area contributed by atoms with Crippen molar-refractivity contribution in [1.82, 2.24) is 29.8 Å². The number of nitrogens with zero attached hydrogens (tertiary/aromatic N) is 4. The van der Waals surface area contributed by atoms with Gasteiger partial charge in [-0.15, -0.1) is 11.3 Å². The first-order valence-corrected chi connectivity index (χ1v) is 15.5. The van der Waals surface area contributed by atoms with Crippen LogP contribution in [0.4, 0.5) is 0 Å². The summed E-state index contributed by atoms with van der Waals surface area (Å²) in [5.74, 6) is 2.63. The molecule has 39 heavy (non-hydrogen) atoms. The molecule has 1 amide bonds. The summed E-state index contributed by atoms with van der Waals surface area (Å²) in [7, 11) is 0. The molecule has 2 N–H and O–H groups in total. The van der Waals surface area contributed by atoms with Crippen molar-refractivity contribution in [2.45, 2.75) is 91.1 Å². The van der Waals surface area contributed by atoms with Gasteiger partial charge in [0, 0.05) is 40.7 Å². The summed E-state index contributed by atoms with van der Waals surface area (Å²) < 4.78 is 1.91. The highest BCUT2D eigenvalue weighted by atomic mass is 32.1. The molecule has 2 bridgehead atoms.